The maximum Gasteiger partial charge on any atom is 0.323 e. The van der Waals surface area contributed by atoms with Gasteiger partial charge in [0.05, 0.1) is 12.8 Å². The number of nitrogen functional groups attached to an aromatic ring is 1. The molecule has 0 aliphatic rings. The van der Waals surface area contributed by atoms with E-state index in [1.165, 1.54) is 0 Å². The molecule has 9 heteroatoms. The average Bonchev–Trinajstić information content (AvgIpc) is 2.82. The van der Waals surface area contributed by atoms with Gasteiger partial charge in [-0.05, 0) is 13.3 Å². The molecule has 0 saturated heterocycles. The molecule has 9 nitrogen and oxygen atoms in total. The van der Waals surface area contributed by atoms with Gasteiger partial charge in [0.1, 0.15) is 0 Å². The summed E-state index contributed by atoms with van der Waals surface area (Å²) in [6.45, 7) is 5.10. The number of ether oxygens (including phenoxy) is 1. The zero-order chi connectivity index (χ0) is 15.2. The minimum absolute atomic E-state index is 0.241. The molecular weight excluding hydrogens is 272 g/mol. The van der Waals surface area contributed by atoms with Gasteiger partial charge in [0, 0.05) is 24.8 Å². The van der Waals surface area contributed by atoms with Gasteiger partial charge in [0.25, 0.3) is 0 Å². The zero-order valence-corrected chi connectivity index (χ0v) is 12.4. The van der Waals surface area contributed by atoms with Crippen molar-refractivity contribution in [1.82, 2.24) is 24.7 Å². The van der Waals surface area contributed by atoms with Crippen LogP contribution in [0.2, 0.25) is 0 Å². The topological polar surface area (TPSA) is 116 Å². The van der Waals surface area contributed by atoms with Crippen LogP contribution in [-0.2, 0) is 13.6 Å². The summed E-state index contributed by atoms with van der Waals surface area (Å²) in [6, 6.07) is 0.241. The van der Waals surface area contributed by atoms with E-state index >= 15 is 0 Å². The Balaban J connectivity index is 2.09. The third-order valence-corrected chi connectivity index (χ3v) is 2.95. The minimum Gasteiger partial charge on any atom is -0.463 e. The first-order chi connectivity index (χ1) is 10.1. The Morgan fingerprint density at radius 3 is 2.67 bits per heavy atom. The smallest absolute Gasteiger partial charge is 0.323 e. The van der Waals surface area contributed by atoms with Gasteiger partial charge in [-0.3, -0.25) is 10.1 Å². The highest BCUT2D eigenvalue weighted by molar-refractivity contribution is 5.36. The van der Waals surface area contributed by atoms with E-state index < -0.39 is 0 Å². The summed E-state index contributed by atoms with van der Waals surface area (Å²) < 4.78 is 7.22. The van der Waals surface area contributed by atoms with Gasteiger partial charge in [-0.2, -0.15) is 20.1 Å². The molecule has 0 amide bonds. The lowest BCUT2D eigenvalue weighted by Gasteiger charge is -2.08. The Bertz CT molecular complexity index is 597. The maximum atomic E-state index is 5.40. The highest BCUT2D eigenvalue weighted by atomic mass is 16.5. The number of aryl methyl sites for hydroxylation is 1. The van der Waals surface area contributed by atoms with Crippen LogP contribution in [0.25, 0.3) is 0 Å². The third-order valence-electron chi connectivity index (χ3n) is 2.95. The molecule has 0 unspecified atom stereocenters. The second-order valence-corrected chi connectivity index (χ2v) is 4.49. The fourth-order valence-electron chi connectivity index (χ4n) is 1.65. The molecule has 2 heterocycles. The van der Waals surface area contributed by atoms with Crippen molar-refractivity contribution in [3.05, 3.63) is 17.5 Å². The number of nitrogens with two attached hydrogens (primary N) is 1. The molecule has 0 saturated carbocycles. The summed E-state index contributed by atoms with van der Waals surface area (Å²) in [7, 11) is 1.90. The average molecular weight is 292 g/mol. The first kappa shape index (κ1) is 15.0. The summed E-state index contributed by atoms with van der Waals surface area (Å²) in [5, 5.41) is 7.30. The molecule has 2 rings (SSSR count). The van der Waals surface area contributed by atoms with Gasteiger partial charge >= 0.3 is 6.01 Å². The van der Waals surface area contributed by atoms with Crippen LogP contribution in [0, 0.1) is 6.92 Å². The van der Waals surface area contributed by atoms with Crippen LogP contribution < -0.4 is 21.3 Å². The highest BCUT2D eigenvalue weighted by Crippen LogP contribution is 2.13. The Kier molecular flexibility index (Phi) is 4.88. The standard InChI is InChI=1S/C12H20N8O/c1-4-5-21-12-17-10(16-11(18-12)19-13)14-6-9-7-15-20(3)8(9)2/h7H,4-6,13H2,1-3H3,(H2,14,16,17,18,19). The molecule has 2 aromatic rings. The lowest BCUT2D eigenvalue weighted by atomic mass is 10.2. The van der Waals surface area contributed by atoms with Crippen LogP contribution in [-0.4, -0.2) is 31.3 Å². The van der Waals surface area contributed by atoms with Crippen molar-refractivity contribution in [2.45, 2.75) is 26.8 Å². The van der Waals surface area contributed by atoms with Gasteiger partial charge in [-0.1, -0.05) is 6.92 Å². The van der Waals surface area contributed by atoms with Crippen molar-refractivity contribution in [3.63, 3.8) is 0 Å². The molecule has 21 heavy (non-hydrogen) atoms. The van der Waals surface area contributed by atoms with E-state index in [0.717, 1.165) is 17.7 Å². The zero-order valence-electron chi connectivity index (χ0n) is 12.4. The van der Waals surface area contributed by atoms with E-state index in [1.54, 1.807) is 6.20 Å². The molecule has 0 aliphatic heterocycles. The van der Waals surface area contributed by atoms with Crippen LogP contribution in [0.4, 0.5) is 11.9 Å². The second-order valence-electron chi connectivity index (χ2n) is 4.49. The predicted molar refractivity (Wildman–Crippen MR) is 78.7 cm³/mol. The SMILES string of the molecule is CCCOc1nc(NN)nc(NCc2cnn(C)c2C)n1. The lowest BCUT2D eigenvalue weighted by Crippen LogP contribution is -2.14. The lowest BCUT2D eigenvalue weighted by molar-refractivity contribution is 0.292. The Hall–Kier alpha value is -2.42. The van der Waals surface area contributed by atoms with E-state index in [0.29, 0.717) is 19.1 Å². The van der Waals surface area contributed by atoms with Gasteiger partial charge in [-0.15, -0.1) is 0 Å². The number of rotatable bonds is 7. The van der Waals surface area contributed by atoms with Gasteiger partial charge in [0.2, 0.25) is 11.9 Å². The fourth-order valence-corrected chi connectivity index (χ4v) is 1.65. The second kappa shape index (κ2) is 6.84. The highest BCUT2D eigenvalue weighted by Gasteiger charge is 2.08. The van der Waals surface area contributed by atoms with Crippen molar-refractivity contribution >= 4 is 11.9 Å². The van der Waals surface area contributed by atoms with E-state index in [4.69, 9.17) is 10.6 Å². The molecule has 0 spiro atoms. The number of nitrogens with zero attached hydrogens (tertiary/aromatic N) is 5. The van der Waals surface area contributed by atoms with Crippen molar-refractivity contribution in [2.24, 2.45) is 12.9 Å². The van der Waals surface area contributed by atoms with Crippen molar-refractivity contribution in [3.8, 4) is 6.01 Å². The summed E-state index contributed by atoms with van der Waals surface area (Å²) >= 11 is 0. The normalized spacial score (nSPS) is 10.5. The molecule has 114 valence electrons. The largest absolute Gasteiger partial charge is 0.463 e. The van der Waals surface area contributed by atoms with Crippen molar-refractivity contribution in [2.75, 3.05) is 17.3 Å². The van der Waals surface area contributed by atoms with E-state index in [-0.39, 0.29) is 12.0 Å². The molecule has 0 atom stereocenters. The van der Waals surface area contributed by atoms with Crippen molar-refractivity contribution < 1.29 is 4.74 Å². The van der Waals surface area contributed by atoms with Crippen LogP contribution in [0.15, 0.2) is 6.20 Å². The fraction of sp³-hybridized carbons (Fsp3) is 0.500. The van der Waals surface area contributed by atoms with Gasteiger partial charge in [0.15, 0.2) is 0 Å². The van der Waals surface area contributed by atoms with Crippen LogP contribution in [0.3, 0.4) is 0 Å². The number of hydrogen-bond donors (Lipinski definition) is 3. The third kappa shape index (κ3) is 3.78. The summed E-state index contributed by atoms with van der Waals surface area (Å²) in [4.78, 5) is 12.4. The van der Waals surface area contributed by atoms with E-state index in [1.807, 2.05) is 25.6 Å². The molecule has 0 radical (unpaired) electrons. The van der Waals surface area contributed by atoms with Gasteiger partial charge in [-0.25, -0.2) is 5.84 Å². The number of hydrazine groups is 1. The molecule has 0 aromatic carbocycles. The van der Waals surface area contributed by atoms with Crippen LogP contribution in [0.5, 0.6) is 6.01 Å². The molecular formula is C12H20N8O. The number of nitrogens with one attached hydrogen (secondary N) is 2. The quantitative estimate of drug-likeness (QED) is 0.502. The Morgan fingerprint density at radius 1 is 1.29 bits per heavy atom. The Morgan fingerprint density at radius 2 is 2.05 bits per heavy atom. The maximum absolute atomic E-state index is 5.40. The molecule has 0 fully saturated rings. The summed E-state index contributed by atoms with van der Waals surface area (Å²) in [5.74, 6) is 6.00. The molecule has 0 bridgehead atoms. The summed E-state index contributed by atoms with van der Waals surface area (Å²) in [6.07, 6.45) is 2.68. The Labute approximate surface area is 122 Å². The molecule has 0 aliphatic carbocycles. The first-order valence-corrected chi connectivity index (χ1v) is 6.71. The monoisotopic (exact) mass is 292 g/mol. The van der Waals surface area contributed by atoms with Gasteiger partial charge < -0.3 is 10.1 Å². The molecule has 4 N–H and O–H groups in total. The predicted octanol–water partition coefficient (Wildman–Crippen LogP) is 0.600. The number of anilines is 2. The minimum atomic E-state index is 0.241. The van der Waals surface area contributed by atoms with E-state index in [2.05, 4.69) is 30.8 Å². The van der Waals surface area contributed by atoms with Crippen LogP contribution in [0.1, 0.15) is 24.6 Å². The first-order valence-electron chi connectivity index (χ1n) is 6.71. The van der Waals surface area contributed by atoms with Crippen LogP contribution >= 0.6 is 0 Å². The summed E-state index contributed by atoms with van der Waals surface area (Å²) in [5.41, 5.74) is 4.54. The molecule has 2 aromatic heterocycles. The van der Waals surface area contributed by atoms with Crippen molar-refractivity contribution in [1.29, 1.82) is 0 Å². The number of aromatic nitrogens is 5. The number of hydrogen-bond acceptors (Lipinski definition) is 8. The van der Waals surface area contributed by atoms with E-state index in [9.17, 15) is 0 Å².